The third-order valence-electron chi connectivity index (χ3n) is 2.89. The van der Waals surface area contributed by atoms with E-state index in [-0.39, 0.29) is 5.56 Å². The Morgan fingerprint density at radius 2 is 1.82 bits per heavy atom. The molecule has 94 valence electrons. The molecule has 1 heterocycles. The van der Waals surface area contributed by atoms with Crippen LogP contribution >= 0.6 is 0 Å². The molecule has 0 aliphatic carbocycles. The molecule has 1 fully saturated rings. The summed E-state index contributed by atoms with van der Waals surface area (Å²) in [6.45, 7) is 4.20. The van der Waals surface area contributed by atoms with Crippen molar-refractivity contribution in [1.29, 1.82) is 0 Å². The largest absolute Gasteiger partial charge is 0.416 e. The molecule has 1 aromatic carbocycles. The summed E-state index contributed by atoms with van der Waals surface area (Å²) in [6, 6.07) is 4.27. The minimum atomic E-state index is -4.27. The molecule has 5 heteroatoms. The summed E-state index contributed by atoms with van der Waals surface area (Å²) in [4.78, 5) is 2.04. The van der Waals surface area contributed by atoms with Gasteiger partial charge in [-0.2, -0.15) is 13.2 Å². The van der Waals surface area contributed by atoms with E-state index in [2.05, 4.69) is 0 Å². The average Bonchev–Trinajstić information content (AvgIpc) is 2.28. The molecule has 0 bridgehead atoms. The number of benzene rings is 1. The number of ether oxygens (including phenoxy) is 1. The third kappa shape index (κ3) is 2.72. The Morgan fingerprint density at radius 1 is 1.18 bits per heavy atom. The van der Waals surface area contributed by atoms with E-state index in [1.54, 1.807) is 6.07 Å². The van der Waals surface area contributed by atoms with Gasteiger partial charge < -0.3 is 9.64 Å². The number of rotatable bonds is 1. The maximum atomic E-state index is 12.6. The molecule has 0 atom stereocenters. The highest BCUT2D eigenvalue weighted by molar-refractivity contribution is 5.51. The highest BCUT2D eigenvalue weighted by Crippen LogP contribution is 2.33. The van der Waals surface area contributed by atoms with Gasteiger partial charge in [0.2, 0.25) is 0 Å². The molecule has 1 aromatic rings. The molecule has 0 saturated carbocycles. The van der Waals surface area contributed by atoms with Crippen LogP contribution < -0.4 is 4.90 Å². The lowest BCUT2D eigenvalue weighted by Crippen LogP contribution is -2.36. The van der Waals surface area contributed by atoms with E-state index in [4.69, 9.17) is 4.74 Å². The van der Waals surface area contributed by atoms with Crippen LogP contribution in [0.5, 0.6) is 0 Å². The average molecular weight is 245 g/mol. The lowest BCUT2D eigenvalue weighted by molar-refractivity contribution is -0.138. The summed E-state index contributed by atoms with van der Waals surface area (Å²) >= 11 is 0. The molecule has 2 nitrogen and oxygen atoms in total. The van der Waals surface area contributed by atoms with Crippen molar-refractivity contribution < 1.29 is 17.9 Å². The lowest BCUT2D eigenvalue weighted by Gasteiger charge is -2.29. The summed E-state index contributed by atoms with van der Waals surface area (Å²) in [6.07, 6.45) is -4.27. The minimum Gasteiger partial charge on any atom is -0.378 e. The van der Waals surface area contributed by atoms with Crippen LogP contribution in [0.25, 0.3) is 0 Å². The lowest BCUT2D eigenvalue weighted by atomic mass is 10.1. The normalized spacial score (nSPS) is 17.3. The molecule has 0 N–H and O–H groups in total. The molecular formula is C12H14F3NO. The van der Waals surface area contributed by atoms with Gasteiger partial charge in [-0.1, -0.05) is 0 Å². The monoisotopic (exact) mass is 245 g/mol. The van der Waals surface area contributed by atoms with E-state index in [0.717, 1.165) is 24.8 Å². The number of morpholine rings is 1. The summed E-state index contributed by atoms with van der Waals surface area (Å²) in [7, 11) is 0. The Bertz CT molecular complexity index is 397. The van der Waals surface area contributed by atoms with Crippen molar-refractivity contribution in [1.82, 2.24) is 0 Å². The van der Waals surface area contributed by atoms with Gasteiger partial charge in [-0.3, -0.25) is 0 Å². The number of hydrogen-bond donors (Lipinski definition) is 0. The minimum absolute atomic E-state index is 0.265. The fraction of sp³-hybridized carbons (Fsp3) is 0.500. The molecule has 0 aromatic heterocycles. The van der Waals surface area contributed by atoms with E-state index in [1.165, 1.54) is 13.0 Å². The Kier molecular flexibility index (Phi) is 3.28. The summed E-state index contributed by atoms with van der Waals surface area (Å²) in [5.74, 6) is 0. The highest BCUT2D eigenvalue weighted by Gasteiger charge is 2.32. The Morgan fingerprint density at radius 3 is 2.35 bits per heavy atom. The van der Waals surface area contributed by atoms with Crippen molar-refractivity contribution in [3.63, 3.8) is 0 Å². The topological polar surface area (TPSA) is 12.5 Å². The van der Waals surface area contributed by atoms with Crippen LogP contribution in [0, 0.1) is 6.92 Å². The molecule has 1 aliphatic heterocycles. The molecule has 1 saturated heterocycles. The van der Waals surface area contributed by atoms with Crippen molar-refractivity contribution in [3.8, 4) is 0 Å². The third-order valence-corrected chi connectivity index (χ3v) is 2.89. The van der Waals surface area contributed by atoms with Crippen LogP contribution in [0.1, 0.15) is 11.1 Å². The molecule has 0 amide bonds. The second-order valence-electron chi connectivity index (χ2n) is 4.10. The van der Waals surface area contributed by atoms with Crippen molar-refractivity contribution in [2.24, 2.45) is 0 Å². The first kappa shape index (κ1) is 12.2. The molecule has 0 radical (unpaired) electrons. The molecule has 17 heavy (non-hydrogen) atoms. The van der Waals surface area contributed by atoms with Gasteiger partial charge in [-0.15, -0.1) is 0 Å². The smallest absolute Gasteiger partial charge is 0.378 e. The first-order valence-corrected chi connectivity index (χ1v) is 5.49. The fourth-order valence-corrected chi connectivity index (χ4v) is 1.98. The van der Waals surface area contributed by atoms with Crippen molar-refractivity contribution in [3.05, 3.63) is 29.3 Å². The van der Waals surface area contributed by atoms with E-state index >= 15 is 0 Å². The molecule has 0 spiro atoms. The summed E-state index contributed by atoms with van der Waals surface area (Å²) in [5.41, 5.74) is 0.537. The standard InChI is InChI=1S/C12H14F3NO/c1-9-8-10(16-4-6-17-7-5-16)2-3-11(9)12(13,14)15/h2-3,8H,4-7H2,1H3. The molecule has 2 rings (SSSR count). The van der Waals surface area contributed by atoms with Crippen LogP contribution in [0.4, 0.5) is 18.9 Å². The van der Waals surface area contributed by atoms with Crippen LogP contribution in [0.3, 0.4) is 0 Å². The van der Waals surface area contributed by atoms with E-state index in [9.17, 15) is 13.2 Å². The van der Waals surface area contributed by atoms with Crippen molar-refractivity contribution in [2.45, 2.75) is 13.1 Å². The van der Waals surface area contributed by atoms with Gasteiger partial charge in [0, 0.05) is 18.8 Å². The zero-order valence-corrected chi connectivity index (χ0v) is 9.55. The number of halogens is 3. The van der Waals surface area contributed by atoms with Gasteiger partial charge in [0.25, 0.3) is 0 Å². The van der Waals surface area contributed by atoms with Gasteiger partial charge in [0.05, 0.1) is 18.8 Å². The first-order valence-electron chi connectivity index (χ1n) is 5.49. The van der Waals surface area contributed by atoms with Crippen LogP contribution in [0.15, 0.2) is 18.2 Å². The number of anilines is 1. The van der Waals surface area contributed by atoms with Gasteiger partial charge >= 0.3 is 6.18 Å². The molecule has 1 aliphatic rings. The predicted octanol–water partition coefficient (Wildman–Crippen LogP) is 2.85. The SMILES string of the molecule is Cc1cc(N2CCOCC2)ccc1C(F)(F)F. The quantitative estimate of drug-likeness (QED) is 0.754. The van der Waals surface area contributed by atoms with Crippen molar-refractivity contribution >= 4 is 5.69 Å². The van der Waals surface area contributed by atoms with Crippen LogP contribution in [0.2, 0.25) is 0 Å². The zero-order chi connectivity index (χ0) is 12.5. The van der Waals surface area contributed by atoms with E-state index < -0.39 is 11.7 Å². The number of nitrogens with zero attached hydrogens (tertiary/aromatic N) is 1. The Balaban J connectivity index is 2.24. The van der Waals surface area contributed by atoms with E-state index in [0.29, 0.717) is 13.2 Å². The second-order valence-corrected chi connectivity index (χ2v) is 4.10. The summed E-state index contributed by atoms with van der Waals surface area (Å²) < 4.78 is 43.0. The van der Waals surface area contributed by atoms with Gasteiger partial charge in [-0.25, -0.2) is 0 Å². The van der Waals surface area contributed by atoms with Crippen LogP contribution in [-0.4, -0.2) is 26.3 Å². The van der Waals surface area contributed by atoms with Crippen LogP contribution in [-0.2, 0) is 10.9 Å². The molecular weight excluding hydrogens is 231 g/mol. The van der Waals surface area contributed by atoms with Gasteiger partial charge in [-0.05, 0) is 30.7 Å². The van der Waals surface area contributed by atoms with E-state index in [1.807, 2.05) is 4.90 Å². The number of hydrogen-bond acceptors (Lipinski definition) is 2. The first-order chi connectivity index (χ1) is 7.98. The van der Waals surface area contributed by atoms with Crippen molar-refractivity contribution in [2.75, 3.05) is 31.2 Å². The Hall–Kier alpha value is -1.23. The predicted molar refractivity (Wildman–Crippen MR) is 59.2 cm³/mol. The zero-order valence-electron chi connectivity index (χ0n) is 9.55. The number of alkyl halides is 3. The maximum Gasteiger partial charge on any atom is 0.416 e. The van der Waals surface area contributed by atoms with Gasteiger partial charge in [0.1, 0.15) is 0 Å². The maximum absolute atomic E-state index is 12.6. The van der Waals surface area contributed by atoms with Gasteiger partial charge in [0.15, 0.2) is 0 Å². The fourth-order valence-electron chi connectivity index (χ4n) is 1.98. The highest BCUT2D eigenvalue weighted by atomic mass is 19.4. The number of aryl methyl sites for hydroxylation is 1. The second kappa shape index (κ2) is 4.56. The Labute approximate surface area is 98.0 Å². The summed E-state index contributed by atoms with van der Waals surface area (Å²) in [5, 5.41) is 0. The molecule has 0 unspecified atom stereocenters.